The lowest BCUT2D eigenvalue weighted by Crippen LogP contribution is -2.40. The molecule has 1 amide bonds. The molecule has 114 valence electrons. The quantitative estimate of drug-likeness (QED) is 0.796. The molecule has 0 aromatic heterocycles. The van der Waals surface area contributed by atoms with Gasteiger partial charge in [0, 0.05) is 24.0 Å². The van der Waals surface area contributed by atoms with Crippen LogP contribution in [0.3, 0.4) is 0 Å². The van der Waals surface area contributed by atoms with Gasteiger partial charge in [-0.2, -0.15) is 0 Å². The first-order chi connectivity index (χ1) is 10.3. The van der Waals surface area contributed by atoms with Crippen LogP contribution >= 0.6 is 11.6 Å². The van der Waals surface area contributed by atoms with Crippen molar-refractivity contribution in [3.05, 3.63) is 29.8 Å². The highest BCUT2D eigenvalue weighted by atomic mass is 35.5. The molecule has 0 aliphatic carbocycles. The van der Waals surface area contributed by atoms with Crippen molar-refractivity contribution in [3.8, 4) is 5.75 Å². The number of ether oxygens (including phenoxy) is 1. The van der Waals surface area contributed by atoms with E-state index in [0.717, 1.165) is 50.0 Å². The van der Waals surface area contributed by atoms with Crippen molar-refractivity contribution in [1.82, 2.24) is 4.90 Å². The maximum Gasteiger partial charge on any atom is 0.230 e. The number of carbonyl (C=O) groups is 1. The minimum atomic E-state index is -0.0356. The smallest absolute Gasteiger partial charge is 0.230 e. The van der Waals surface area contributed by atoms with E-state index in [1.54, 1.807) is 0 Å². The number of benzene rings is 1. The topological polar surface area (TPSA) is 29.5 Å². The highest BCUT2D eigenvalue weighted by molar-refractivity contribution is 6.17. The maximum atomic E-state index is 13.0. The molecule has 3 rings (SSSR count). The van der Waals surface area contributed by atoms with E-state index in [9.17, 15) is 4.79 Å². The van der Waals surface area contributed by atoms with Crippen molar-refractivity contribution in [2.75, 3.05) is 19.0 Å². The Hall–Kier alpha value is -1.22. The van der Waals surface area contributed by atoms with Gasteiger partial charge in [-0.15, -0.1) is 11.6 Å². The summed E-state index contributed by atoms with van der Waals surface area (Å²) in [5.74, 6) is 1.80. The Bertz CT molecular complexity index is 505. The van der Waals surface area contributed by atoms with Gasteiger partial charge in [0.1, 0.15) is 5.75 Å². The van der Waals surface area contributed by atoms with Gasteiger partial charge in [0.2, 0.25) is 5.91 Å². The number of para-hydroxylation sites is 1. The van der Waals surface area contributed by atoms with Crippen LogP contribution < -0.4 is 4.74 Å². The molecule has 1 fully saturated rings. The third kappa shape index (κ3) is 3.03. The first-order valence-corrected chi connectivity index (χ1v) is 8.43. The van der Waals surface area contributed by atoms with E-state index >= 15 is 0 Å². The molecule has 0 saturated carbocycles. The molecule has 4 heteroatoms. The van der Waals surface area contributed by atoms with E-state index in [0.29, 0.717) is 18.5 Å². The van der Waals surface area contributed by atoms with Crippen LogP contribution in [0.4, 0.5) is 0 Å². The number of fused-ring (bicyclic) bond motifs is 1. The van der Waals surface area contributed by atoms with Gasteiger partial charge in [0.05, 0.1) is 12.5 Å². The minimum Gasteiger partial charge on any atom is -0.493 e. The van der Waals surface area contributed by atoms with E-state index in [1.807, 2.05) is 24.3 Å². The summed E-state index contributed by atoms with van der Waals surface area (Å²) in [5, 5.41) is 0. The van der Waals surface area contributed by atoms with Crippen LogP contribution in [0, 0.1) is 0 Å². The summed E-state index contributed by atoms with van der Waals surface area (Å²) >= 11 is 5.80. The lowest BCUT2D eigenvalue weighted by Gasteiger charge is -2.32. The number of halogens is 1. The lowest BCUT2D eigenvalue weighted by molar-refractivity contribution is -0.134. The molecule has 1 saturated heterocycles. The Balaban J connectivity index is 1.76. The molecule has 1 aromatic carbocycles. The van der Waals surface area contributed by atoms with Gasteiger partial charge in [-0.05, 0) is 38.2 Å². The van der Waals surface area contributed by atoms with E-state index in [4.69, 9.17) is 16.3 Å². The molecule has 2 aliphatic heterocycles. The SMILES string of the molecule is O=C(C1CCOc2ccccc21)N1CCCC1CCCCl. The second kappa shape index (κ2) is 6.69. The number of carbonyl (C=O) groups excluding carboxylic acids is 1. The molecular formula is C17H22ClNO2. The molecule has 0 bridgehead atoms. The summed E-state index contributed by atoms with van der Waals surface area (Å²) in [4.78, 5) is 15.1. The summed E-state index contributed by atoms with van der Waals surface area (Å²) in [7, 11) is 0. The molecule has 0 radical (unpaired) electrons. The zero-order valence-electron chi connectivity index (χ0n) is 12.3. The van der Waals surface area contributed by atoms with E-state index in [-0.39, 0.29) is 11.8 Å². The Morgan fingerprint density at radius 3 is 3.05 bits per heavy atom. The number of alkyl halides is 1. The summed E-state index contributed by atoms with van der Waals surface area (Å²) < 4.78 is 5.67. The second-order valence-electron chi connectivity index (χ2n) is 5.89. The summed E-state index contributed by atoms with van der Waals surface area (Å²) in [6.07, 6.45) is 5.03. The Kier molecular flexibility index (Phi) is 4.69. The second-order valence-corrected chi connectivity index (χ2v) is 6.26. The third-order valence-corrected chi connectivity index (χ3v) is 4.86. The van der Waals surface area contributed by atoms with Crippen LogP contribution in [0.25, 0.3) is 0 Å². The number of likely N-dealkylation sites (tertiary alicyclic amines) is 1. The van der Waals surface area contributed by atoms with Crippen LogP contribution in [-0.4, -0.2) is 35.9 Å². The third-order valence-electron chi connectivity index (χ3n) is 4.59. The molecule has 0 spiro atoms. The Morgan fingerprint density at radius 2 is 2.19 bits per heavy atom. The Morgan fingerprint density at radius 1 is 1.33 bits per heavy atom. The van der Waals surface area contributed by atoms with Crippen molar-refractivity contribution in [3.63, 3.8) is 0 Å². The number of hydrogen-bond acceptors (Lipinski definition) is 2. The van der Waals surface area contributed by atoms with Crippen molar-refractivity contribution >= 4 is 17.5 Å². The van der Waals surface area contributed by atoms with Gasteiger partial charge in [-0.25, -0.2) is 0 Å². The van der Waals surface area contributed by atoms with Crippen molar-refractivity contribution in [1.29, 1.82) is 0 Å². The molecule has 2 unspecified atom stereocenters. The van der Waals surface area contributed by atoms with Gasteiger partial charge in [-0.1, -0.05) is 18.2 Å². The van der Waals surface area contributed by atoms with E-state index in [1.165, 1.54) is 0 Å². The first-order valence-electron chi connectivity index (χ1n) is 7.89. The number of hydrogen-bond donors (Lipinski definition) is 0. The molecular weight excluding hydrogens is 286 g/mol. The molecule has 2 aliphatic rings. The Labute approximate surface area is 131 Å². The normalized spacial score (nSPS) is 24.5. The highest BCUT2D eigenvalue weighted by Crippen LogP contribution is 2.36. The fraction of sp³-hybridized carbons (Fsp3) is 0.588. The monoisotopic (exact) mass is 307 g/mol. The summed E-state index contributed by atoms with van der Waals surface area (Å²) in [5.41, 5.74) is 1.05. The van der Waals surface area contributed by atoms with E-state index < -0.39 is 0 Å². The molecule has 1 aromatic rings. The fourth-order valence-corrected chi connectivity index (χ4v) is 3.69. The van der Waals surface area contributed by atoms with Crippen LogP contribution in [0.15, 0.2) is 24.3 Å². The van der Waals surface area contributed by atoms with Gasteiger partial charge >= 0.3 is 0 Å². The predicted molar refractivity (Wildman–Crippen MR) is 84.0 cm³/mol. The van der Waals surface area contributed by atoms with Crippen LogP contribution in [0.2, 0.25) is 0 Å². The zero-order chi connectivity index (χ0) is 14.7. The van der Waals surface area contributed by atoms with Gasteiger partial charge in [0.25, 0.3) is 0 Å². The highest BCUT2D eigenvalue weighted by Gasteiger charge is 2.35. The van der Waals surface area contributed by atoms with Crippen molar-refractivity contribution in [2.45, 2.75) is 44.1 Å². The summed E-state index contributed by atoms with van der Waals surface area (Å²) in [6.45, 7) is 1.53. The first kappa shape index (κ1) is 14.7. The predicted octanol–water partition coefficient (Wildman–Crippen LogP) is 3.56. The lowest BCUT2D eigenvalue weighted by atomic mass is 9.91. The largest absolute Gasteiger partial charge is 0.493 e. The van der Waals surface area contributed by atoms with Crippen LogP contribution in [-0.2, 0) is 4.79 Å². The number of rotatable bonds is 4. The average Bonchev–Trinajstić information content (AvgIpc) is 3.00. The summed E-state index contributed by atoms with van der Waals surface area (Å²) in [6, 6.07) is 8.32. The van der Waals surface area contributed by atoms with Crippen molar-refractivity contribution in [2.24, 2.45) is 0 Å². The number of amides is 1. The van der Waals surface area contributed by atoms with Gasteiger partial charge in [-0.3, -0.25) is 4.79 Å². The number of nitrogens with zero attached hydrogens (tertiary/aromatic N) is 1. The molecule has 21 heavy (non-hydrogen) atoms. The van der Waals surface area contributed by atoms with Crippen LogP contribution in [0.5, 0.6) is 5.75 Å². The van der Waals surface area contributed by atoms with Crippen molar-refractivity contribution < 1.29 is 9.53 Å². The maximum absolute atomic E-state index is 13.0. The van der Waals surface area contributed by atoms with Gasteiger partial charge < -0.3 is 9.64 Å². The molecule has 3 nitrogen and oxygen atoms in total. The molecule has 2 atom stereocenters. The molecule has 2 heterocycles. The molecule has 0 N–H and O–H groups in total. The average molecular weight is 308 g/mol. The van der Waals surface area contributed by atoms with Gasteiger partial charge in [0.15, 0.2) is 0 Å². The standard InChI is InChI=1S/C17H22ClNO2/c18-10-3-5-13-6-4-11-19(13)17(20)15-9-12-21-16-8-2-1-7-14(15)16/h1-2,7-8,13,15H,3-6,9-12H2. The zero-order valence-corrected chi connectivity index (χ0v) is 13.0. The van der Waals surface area contributed by atoms with E-state index in [2.05, 4.69) is 4.90 Å². The fourth-order valence-electron chi connectivity index (χ4n) is 3.54. The minimum absolute atomic E-state index is 0.0356. The van der Waals surface area contributed by atoms with Crippen LogP contribution in [0.1, 0.15) is 43.6 Å².